The Labute approximate surface area is 61.5 Å². The van der Waals surface area contributed by atoms with Crippen LogP contribution in [0, 0.1) is 33.1 Å². The highest BCUT2D eigenvalue weighted by molar-refractivity contribution is 5.42. The number of hydrogen-bond donors (Lipinski definition) is 1. The predicted molar refractivity (Wildman–Crippen MR) is 42.9 cm³/mol. The minimum Gasteiger partial charge on any atom is -0.352 e. The van der Waals surface area contributed by atoms with Gasteiger partial charge in [-0.3, -0.25) is 0 Å². The second kappa shape index (κ2) is 2.22. The van der Waals surface area contributed by atoms with Crippen molar-refractivity contribution in [3.63, 3.8) is 0 Å². The summed E-state index contributed by atoms with van der Waals surface area (Å²) >= 11 is 0. The normalized spacial score (nSPS) is 9.40. The van der Waals surface area contributed by atoms with Crippen LogP contribution in [0.25, 0.3) is 0 Å². The molecule has 1 aromatic rings. The van der Waals surface area contributed by atoms with Gasteiger partial charge in [0.2, 0.25) is 0 Å². The van der Waals surface area contributed by atoms with E-state index in [1.54, 1.807) is 0 Å². The second-order valence-electron chi connectivity index (χ2n) is 2.52. The summed E-state index contributed by atoms with van der Waals surface area (Å²) in [6.45, 7) is 6.14. The van der Waals surface area contributed by atoms with Crippen molar-refractivity contribution in [2.45, 2.75) is 20.8 Å². The van der Waals surface area contributed by atoms with Gasteiger partial charge in [0, 0.05) is 5.69 Å². The Hall–Kier alpha value is -1.16. The van der Waals surface area contributed by atoms with Crippen LogP contribution in [0.4, 0.5) is 0 Å². The fraction of sp³-hybridized carbons (Fsp3) is 0.333. The molecule has 0 aliphatic rings. The minimum absolute atomic E-state index is 0.912. The Balaban J connectivity index is 3.34. The quantitative estimate of drug-likeness (QED) is 0.520. The van der Waals surface area contributed by atoms with Gasteiger partial charge in [-0.2, -0.15) is 0 Å². The van der Waals surface area contributed by atoms with Crippen LogP contribution < -0.4 is 0 Å². The summed E-state index contributed by atoms with van der Waals surface area (Å²) in [6, 6.07) is 0. The summed E-state index contributed by atoms with van der Waals surface area (Å²) in [7, 11) is 0. The molecule has 1 nitrogen and oxygen atoms in total. The Kier molecular flexibility index (Phi) is 1.55. The number of aryl methyl sites for hydroxylation is 1. The lowest BCUT2D eigenvalue weighted by molar-refractivity contribution is 1.22. The molecule has 0 aromatic carbocycles. The van der Waals surface area contributed by atoms with Gasteiger partial charge in [-0.1, -0.05) is 5.92 Å². The molecule has 1 N–H and O–H groups in total. The average molecular weight is 133 g/mol. The number of hydrogen-bond acceptors (Lipinski definition) is 0. The first-order valence-electron chi connectivity index (χ1n) is 3.29. The molecule has 1 heteroatoms. The molecule has 0 radical (unpaired) electrons. The molecule has 0 aliphatic heterocycles. The maximum atomic E-state index is 5.25. The molecule has 0 atom stereocenters. The molecule has 0 saturated carbocycles. The van der Waals surface area contributed by atoms with Gasteiger partial charge in [0.05, 0.1) is 5.69 Å². The van der Waals surface area contributed by atoms with Gasteiger partial charge >= 0.3 is 0 Å². The van der Waals surface area contributed by atoms with E-state index in [1.807, 2.05) is 13.8 Å². The molecule has 0 amide bonds. The Morgan fingerprint density at radius 3 is 2.00 bits per heavy atom. The van der Waals surface area contributed by atoms with Crippen LogP contribution >= 0.6 is 0 Å². The van der Waals surface area contributed by atoms with Crippen molar-refractivity contribution in [3.8, 4) is 12.3 Å². The fourth-order valence-electron chi connectivity index (χ4n) is 0.988. The van der Waals surface area contributed by atoms with Gasteiger partial charge in [-0.15, -0.1) is 6.42 Å². The molecule has 1 rings (SSSR count). The maximum absolute atomic E-state index is 5.25. The molecule has 1 heterocycles. The first kappa shape index (κ1) is 6.95. The summed E-state index contributed by atoms with van der Waals surface area (Å²) in [6.07, 6.45) is 5.25. The number of H-pyrrole nitrogens is 1. The largest absolute Gasteiger partial charge is 0.352 e. The van der Waals surface area contributed by atoms with Crippen LogP contribution in [-0.4, -0.2) is 4.98 Å². The number of aromatic amines is 1. The van der Waals surface area contributed by atoms with E-state index in [0.717, 1.165) is 5.69 Å². The molecule has 10 heavy (non-hydrogen) atoms. The van der Waals surface area contributed by atoms with E-state index in [4.69, 9.17) is 6.42 Å². The van der Waals surface area contributed by atoms with Crippen molar-refractivity contribution in [1.29, 1.82) is 0 Å². The van der Waals surface area contributed by atoms with Crippen molar-refractivity contribution in [2.24, 2.45) is 0 Å². The predicted octanol–water partition coefficient (Wildman–Crippen LogP) is 1.92. The Bertz CT molecular complexity index is 286. The van der Waals surface area contributed by atoms with Gasteiger partial charge in [0.25, 0.3) is 0 Å². The van der Waals surface area contributed by atoms with E-state index in [-0.39, 0.29) is 0 Å². The molecule has 0 saturated heterocycles. The van der Waals surface area contributed by atoms with Gasteiger partial charge in [-0.05, 0) is 31.9 Å². The number of rotatable bonds is 0. The molecule has 0 fully saturated rings. The van der Waals surface area contributed by atoms with Crippen LogP contribution in [0.3, 0.4) is 0 Å². The third-order valence-corrected chi connectivity index (χ3v) is 1.96. The smallest absolute Gasteiger partial charge is 0.0925 e. The summed E-state index contributed by atoms with van der Waals surface area (Å²) < 4.78 is 0. The summed E-state index contributed by atoms with van der Waals surface area (Å²) in [5.41, 5.74) is 4.55. The van der Waals surface area contributed by atoms with Crippen molar-refractivity contribution in [2.75, 3.05) is 0 Å². The Morgan fingerprint density at radius 1 is 1.20 bits per heavy atom. The summed E-state index contributed by atoms with van der Waals surface area (Å²) in [5.74, 6) is 2.60. The molecule has 0 aliphatic carbocycles. The lowest BCUT2D eigenvalue weighted by atomic mass is 10.1. The van der Waals surface area contributed by atoms with E-state index in [9.17, 15) is 0 Å². The van der Waals surface area contributed by atoms with E-state index < -0.39 is 0 Å². The third kappa shape index (κ3) is 0.823. The van der Waals surface area contributed by atoms with Crippen molar-refractivity contribution in [3.05, 3.63) is 22.5 Å². The SMILES string of the molecule is C#Cc1[nH]c(C)c(C)c1C. The zero-order valence-electron chi connectivity index (χ0n) is 6.58. The van der Waals surface area contributed by atoms with E-state index >= 15 is 0 Å². The average Bonchev–Trinajstić information content (AvgIpc) is 2.17. The topological polar surface area (TPSA) is 15.8 Å². The molecular formula is C9H11N. The van der Waals surface area contributed by atoms with Crippen molar-refractivity contribution in [1.82, 2.24) is 4.98 Å². The molecule has 0 unspecified atom stereocenters. The zero-order valence-corrected chi connectivity index (χ0v) is 6.58. The third-order valence-electron chi connectivity index (χ3n) is 1.96. The lowest BCUT2D eigenvalue weighted by Crippen LogP contribution is -1.75. The van der Waals surface area contributed by atoms with Gasteiger partial charge in [0.15, 0.2) is 0 Å². The van der Waals surface area contributed by atoms with Crippen LogP contribution in [-0.2, 0) is 0 Å². The van der Waals surface area contributed by atoms with Crippen LogP contribution in [0.1, 0.15) is 22.5 Å². The Morgan fingerprint density at radius 2 is 1.80 bits per heavy atom. The minimum atomic E-state index is 0.912. The summed E-state index contributed by atoms with van der Waals surface area (Å²) in [5, 5.41) is 0. The van der Waals surface area contributed by atoms with Gasteiger partial charge in [0.1, 0.15) is 0 Å². The van der Waals surface area contributed by atoms with E-state index in [0.29, 0.717) is 0 Å². The first-order chi connectivity index (χ1) is 4.66. The number of nitrogens with one attached hydrogen (secondary N) is 1. The molecule has 0 spiro atoms. The van der Waals surface area contributed by atoms with Crippen LogP contribution in [0.15, 0.2) is 0 Å². The maximum Gasteiger partial charge on any atom is 0.0925 e. The van der Waals surface area contributed by atoms with Crippen molar-refractivity contribution >= 4 is 0 Å². The molecule has 52 valence electrons. The molecule has 1 aromatic heterocycles. The molecular weight excluding hydrogens is 122 g/mol. The van der Waals surface area contributed by atoms with Crippen LogP contribution in [0.5, 0.6) is 0 Å². The molecule has 0 bridgehead atoms. The van der Waals surface area contributed by atoms with Gasteiger partial charge < -0.3 is 4.98 Å². The lowest BCUT2D eigenvalue weighted by Gasteiger charge is -1.87. The number of aromatic nitrogens is 1. The van der Waals surface area contributed by atoms with E-state index in [1.165, 1.54) is 16.8 Å². The monoisotopic (exact) mass is 133 g/mol. The van der Waals surface area contributed by atoms with E-state index in [2.05, 4.69) is 17.8 Å². The number of terminal acetylenes is 1. The standard InChI is InChI=1S/C9H11N/c1-5-9-7(3)6(2)8(4)10-9/h1,10H,2-4H3. The highest BCUT2D eigenvalue weighted by atomic mass is 14.7. The summed E-state index contributed by atoms with van der Waals surface area (Å²) in [4.78, 5) is 3.13. The van der Waals surface area contributed by atoms with Crippen LogP contribution in [0.2, 0.25) is 0 Å². The first-order valence-corrected chi connectivity index (χ1v) is 3.29. The highest BCUT2D eigenvalue weighted by Crippen LogP contribution is 2.14. The fourth-order valence-corrected chi connectivity index (χ4v) is 0.988. The van der Waals surface area contributed by atoms with Gasteiger partial charge in [-0.25, -0.2) is 0 Å². The zero-order chi connectivity index (χ0) is 7.72. The second-order valence-corrected chi connectivity index (χ2v) is 2.52. The highest BCUT2D eigenvalue weighted by Gasteiger charge is 2.03. The van der Waals surface area contributed by atoms with Crippen molar-refractivity contribution < 1.29 is 0 Å².